The van der Waals surface area contributed by atoms with Gasteiger partial charge in [-0.05, 0) is 38.4 Å². The Balaban J connectivity index is 2.20. The molecular formula is C19H28N4O3. The molecule has 0 bridgehead atoms. The van der Waals surface area contributed by atoms with Gasteiger partial charge in [-0.3, -0.25) is 9.59 Å². The molecule has 3 N–H and O–H groups in total. The predicted octanol–water partition coefficient (Wildman–Crippen LogP) is 1.98. The zero-order valence-corrected chi connectivity index (χ0v) is 15.5. The largest absolute Gasteiger partial charge is 0.375 e. The van der Waals surface area contributed by atoms with Crippen LogP contribution in [0, 0.1) is 0 Å². The Morgan fingerprint density at radius 3 is 2.73 bits per heavy atom. The molecule has 0 saturated carbocycles. The second kappa shape index (κ2) is 10.0. The number of aromatic nitrogens is 2. The fourth-order valence-electron chi connectivity index (χ4n) is 2.97. The first-order valence-corrected chi connectivity index (χ1v) is 9.06. The number of ether oxygens (including phenoxy) is 1. The van der Waals surface area contributed by atoms with Crippen LogP contribution in [0.15, 0.2) is 29.1 Å². The Bertz CT molecular complexity index is 775. The van der Waals surface area contributed by atoms with Crippen LogP contribution in [0.2, 0.25) is 0 Å². The standard InChI is InChI=1S/C19H28N4O3/c1-14(18-21-16-10-6-5-9-15(16)19(25)22-18)23(17(24)13-26-2)12-8-4-3-7-11-20/h5-6,9-10,14H,3-4,7-8,11-13,20H2,1-2H3,(H,21,22,25)/t14-/m0/s1. The highest BCUT2D eigenvalue weighted by Gasteiger charge is 2.23. The Labute approximate surface area is 153 Å². The molecule has 0 unspecified atom stereocenters. The smallest absolute Gasteiger partial charge is 0.258 e. The number of nitrogens with zero attached hydrogens (tertiary/aromatic N) is 2. The van der Waals surface area contributed by atoms with E-state index in [1.807, 2.05) is 13.0 Å². The first kappa shape index (κ1) is 20.1. The summed E-state index contributed by atoms with van der Waals surface area (Å²) in [5.74, 6) is 0.370. The molecule has 0 spiro atoms. The lowest BCUT2D eigenvalue weighted by atomic mass is 10.1. The number of H-pyrrole nitrogens is 1. The number of carbonyl (C=O) groups excluding carboxylic acids is 1. The van der Waals surface area contributed by atoms with E-state index in [4.69, 9.17) is 10.5 Å². The number of fused-ring (bicyclic) bond motifs is 1. The van der Waals surface area contributed by atoms with Gasteiger partial charge in [0, 0.05) is 13.7 Å². The second-order valence-electron chi connectivity index (χ2n) is 6.37. The summed E-state index contributed by atoms with van der Waals surface area (Å²) in [5.41, 5.74) is 5.95. The number of para-hydroxylation sites is 1. The van der Waals surface area contributed by atoms with Gasteiger partial charge in [-0.2, -0.15) is 0 Å². The molecule has 2 aromatic rings. The molecule has 1 atom stereocenters. The molecule has 1 aromatic carbocycles. The molecule has 0 radical (unpaired) electrons. The number of rotatable bonds is 10. The first-order valence-electron chi connectivity index (χ1n) is 9.06. The third-order valence-corrected chi connectivity index (χ3v) is 4.44. The summed E-state index contributed by atoms with van der Waals surface area (Å²) >= 11 is 0. The van der Waals surface area contributed by atoms with Crippen LogP contribution in [0.3, 0.4) is 0 Å². The van der Waals surface area contributed by atoms with Crippen LogP contribution in [-0.2, 0) is 9.53 Å². The van der Waals surface area contributed by atoms with Crippen molar-refractivity contribution in [2.75, 3.05) is 26.8 Å². The molecule has 26 heavy (non-hydrogen) atoms. The van der Waals surface area contributed by atoms with E-state index in [1.165, 1.54) is 7.11 Å². The normalized spacial score (nSPS) is 12.3. The van der Waals surface area contributed by atoms with Crippen molar-refractivity contribution >= 4 is 16.8 Å². The lowest BCUT2D eigenvalue weighted by Crippen LogP contribution is -2.38. The average Bonchev–Trinajstić information content (AvgIpc) is 2.64. The zero-order chi connectivity index (χ0) is 18.9. The summed E-state index contributed by atoms with van der Waals surface area (Å²) in [6.07, 6.45) is 3.91. The number of benzene rings is 1. The highest BCUT2D eigenvalue weighted by molar-refractivity contribution is 5.79. The molecule has 0 aliphatic carbocycles. The van der Waals surface area contributed by atoms with E-state index in [0.717, 1.165) is 25.7 Å². The molecule has 0 saturated heterocycles. The van der Waals surface area contributed by atoms with Crippen molar-refractivity contribution in [3.8, 4) is 0 Å². The molecular weight excluding hydrogens is 332 g/mol. The Morgan fingerprint density at radius 1 is 1.27 bits per heavy atom. The van der Waals surface area contributed by atoms with Crippen LogP contribution in [-0.4, -0.2) is 47.6 Å². The summed E-state index contributed by atoms with van der Waals surface area (Å²) in [6.45, 7) is 3.15. The molecule has 2 rings (SSSR count). The number of hydrogen-bond acceptors (Lipinski definition) is 5. The van der Waals surface area contributed by atoms with Gasteiger partial charge in [-0.25, -0.2) is 4.98 Å². The van der Waals surface area contributed by atoms with Crippen LogP contribution >= 0.6 is 0 Å². The van der Waals surface area contributed by atoms with E-state index >= 15 is 0 Å². The van der Waals surface area contributed by atoms with Crippen LogP contribution < -0.4 is 11.3 Å². The highest BCUT2D eigenvalue weighted by atomic mass is 16.5. The van der Waals surface area contributed by atoms with Gasteiger partial charge in [0.1, 0.15) is 12.4 Å². The van der Waals surface area contributed by atoms with E-state index in [9.17, 15) is 9.59 Å². The number of nitrogens with two attached hydrogens (primary N) is 1. The maximum absolute atomic E-state index is 12.5. The molecule has 0 aliphatic heterocycles. The van der Waals surface area contributed by atoms with Crippen LogP contribution in [0.4, 0.5) is 0 Å². The van der Waals surface area contributed by atoms with Crippen molar-refractivity contribution in [3.63, 3.8) is 0 Å². The average molecular weight is 360 g/mol. The third kappa shape index (κ3) is 5.12. The molecule has 1 heterocycles. The van der Waals surface area contributed by atoms with E-state index in [1.54, 1.807) is 23.1 Å². The molecule has 0 fully saturated rings. The van der Waals surface area contributed by atoms with Crippen molar-refractivity contribution < 1.29 is 9.53 Å². The Hall–Kier alpha value is -2.25. The number of aromatic amines is 1. The van der Waals surface area contributed by atoms with E-state index in [0.29, 0.717) is 29.8 Å². The van der Waals surface area contributed by atoms with Gasteiger partial charge in [-0.1, -0.05) is 25.0 Å². The number of hydrogen-bond donors (Lipinski definition) is 2. The van der Waals surface area contributed by atoms with Crippen LogP contribution in [0.5, 0.6) is 0 Å². The quantitative estimate of drug-likeness (QED) is 0.631. The van der Waals surface area contributed by atoms with Gasteiger partial charge in [0.05, 0.1) is 16.9 Å². The summed E-state index contributed by atoms with van der Waals surface area (Å²) in [6, 6.07) is 6.84. The number of amides is 1. The minimum atomic E-state index is -0.343. The van der Waals surface area contributed by atoms with Crippen LogP contribution in [0.1, 0.15) is 44.5 Å². The fourth-order valence-corrected chi connectivity index (χ4v) is 2.97. The minimum absolute atomic E-state index is 0.00491. The maximum atomic E-state index is 12.5. The summed E-state index contributed by atoms with van der Waals surface area (Å²) in [7, 11) is 1.50. The third-order valence-electron chi connectivity index (χ3n) is 4.44. The second-order valence-corrected chi connectivity index (χ2v) is 6.37. The van der Waals surface area contributed by atoms with Gasteiger partial charge in [0.15, 0.2) is 0 Å². The lowest BCUT2D eigenvalue weighted by molar-refractivity contribution is -0.137. The van der Waals surface area contributed by atoms with Gasteiger partial charge >= 0.3 is 0 Å². The van der Waals surface area contributed by atoms with E-state index < -0.39 is 0 Å². The van der Waals surface area contributed by atoms with Gasteiger partial charge in [0.2, 0.25) is 5.91 Å². The van der Waals surface area contributed by atoms with Gasteiger partial charge in [-0.15, -0.1) is 0 Å². The van der Waals surface area contributed by atoms with Gasteiger partial charge < -0.3 is 20.4 Å². The predicted molar refractivity (Wildman–Crippen MR) is 102 cm³/mol. The molecule has 142 valence electrons. The lowest BCUT2D eigenvalue weighted by Gasteiger charge is -2.28. The van der Waals surface area contributed by atoms with Crippen LogP contribution in [0.25, 0.3) is 10.9 Å². The summed E-state index contributed by atoms with van der Waals surface area (Å²) < 4.78 is 5.01. The number of unbranched alkanes of at least 4 members (excludes halogenated alkanes) is 3. The molecule has 7 heteroatoms. The molecule has 1 amide bonds. The van der Waals surface area contributed by atoms with E-state index in [2.05, 4.69) is 9.97 Å². The van der Waals surface area contributed by atoms with Crippen molar-refractivity contribution in [3.05, 3.63) is 40.4 Å². The molecule has 1 aromatic heterocycles. The fraction of sp³-hybridized carbons (Fsp3) is 0.526. The highest BCUT2D eigenvalue weighted by Crippen LogP contribution is 2.19. The number of methoxy groups -OCH3 is 1. The zero-order valence-electron chi connectivity index (χ0n) is 15.5. The van der Waals surface area contributed by atoms with Crippen molar-refractivity contribution in [1.82, 2.24) is 14.9 Å². The topological polar surface area (TPSA) is 101 Å². The minimum Gasteiger partial charge on any atom is -0.375 e. The Kier molecular flexibility index (Phi) is 7.74. The first-order chi connectivity index (χ1) is 12.6. The van der Waals surface area contributed by atoms with Gasteiger partial charge in [0.25, 0.3) is 5.56 Å². The van der Waals surface area contributed by atoms with Crippen molar-refractivity contribution in [1.29, 1.82) is 0 Å². The number of nitrogens with one attached hydrogen (secondary N) is 1. The Morgan fingerprint density at radius 2 is 2.00 bits per heavy atom. The monoisotopic (exact) mass is 360 g/mol. The van der Waals surface area contributed by atoms with Crippen molar-refractivity contribution in [2.45, 2.75) is 38.6 Å². The maximum Gasteiger partial charge on any atom is 0.258 e. The SMILES string of the molecule is COCC(=O)N(CCCCCCN)[C@@H](C)c1nc2ccccc2c(=O)[nH]1. The molecule has 7 nitrogen and oxygen atoms in total. The molecule has 0 aliphatic rings. The summed E-state index contributed by atoms with van der Waals surface area (Å²) in [4.78, 5) is 33.9. The summed E-state index contributed by atoms with van der Waals surface area (Å²) in [5, 5.41) is 0.542. The van der Waals surface area contributed by atoms with Crippen molar-refractivity contribution in [2.24, 2.45) is 5.73 Å². The number of carbonyl (C=O) groups is 1. The van der Waals surface area contributed by atoms with E-state index in [-0.39, 0.29) is 24.1 Å².